The molecule has 0 aliphatic carbocycles. The summed E-state index contributed by atoms with van der Waals surface area (Å²) in [5.41, 5.74) is 14.8. The number of nitrogens with zero attached hydrogens (tertiary/aromatic N) is 4. The minimum atomic E-state index is -4.92. The fourth-order valence-corrected chi connectivity index (χ4v) is 6.57. The SMILES string of the molecule is C[n+]1cc(-c2ccc3c(c2)CC[C@H](CO/N=C(\C(=O)C[C@@H]2C(=O)N(OS(=O)(=O)O)C2(C)C)c2csc(N)n2)O3)ccc1CCCN. The molecule has 0 spiro atoms. The Bertz CT molecular complexity index is 1770. The van der Waals surface area contributed by atoms with Crippen LogP contribution in [0.25, 0.3) is 11.1 Å². The van der Waals surface area contributed by atoms with Crippen LogP contribution >= 0.6 is 11.3 Å². The van der Waals surface area contributed by atoms with Crippen LogP contribution in [0.3, 0.4) is 0 Å². The molecule has 2 aliphatic heterocycles. The fraction of sp³-hybridized carbons (Fsp3) is 0.433. The van der Waals surface area contributed by atoms with Crippen molar-refractivity contribution in [1.29, 1.82) is 0 Å². The number of aromatic nitrogens is 2. The molecule has 1 saturated heterocycles. The van der Waals surface area contributed by atoms with Crippen LogP contribution < -0.4 is 20.8 Å². The number of carbonyl (C=O) groups is 2. The quantitative estimate of drug-likeness (QED) is 0.0789. The van der Waals surface area contributed by atoms with Gasteiger partial charge in [-0.3, -0.25) is 14.1 Å². The number of hydrogen-bond acceptors (Lipinski definition) is 12. The molecule has 2 atom stereocenters. The maximum atomic E-state index is 13.4. The topological polar surface area (TPSA) is 201 Å². The highest BCUT2D eigenvalue weighted by Crippen LogP contribution is 2.41. The van der Waals surface area contributed by atoms with Gasteiger partial charge in [-0.15, -0.1) is 15.6 Å². The second-order valence-corrected chi connectivity index (χ2v) is 13.7. The summed E-state index contributed by atoms with van der Waals surface area (Å²) in [4.78, 5) is 35.7. The van der Waals surface area contributed by atoms with Gasteiger partial charge in [0, 0.05) is 29.9 Å². The lowest BCUT2D eigenvalue weighted by Gasteiger charge is -2.50. The first kappa shape index (κ1) is 33.4. The molecule has 0 unspecified atom stereocenters. The number of pyridine rings is 1. The van der Waals surface area contributed by atoms with E-state index < -0.39 is 33.5 Å². The van der Waals surface area contributed by atoms with Gasteiger partial charge in [-0.1, -0.05) is 11.2 Å². The van der Waals surface area contributed by atoms with Crippen LogP contribution in [0.5, 0.6) is 5.75 Å². The number of ether oxygens (including phenoxy) is 1. The molecule has 16 heteroatoms. The molecule has 5 N–H and O–H groups in total. The van der Waals surface area contributed by atoms with Crippen molar-refractivity contribution in [2.24, 2.45) is 23.9 Å². The first-order valence-corrected chi connectivity index (χ1v) is 17.0. The van der Waals surface area contributed by atoms with E-state index in [0.717, 1.165) is 53.0 Å². The number of β-lactam (4-membered cyclic amide) rings is 1. The van der Waals surface area contributed by atoms with Crippen molar-refractivity contribution in [1.82, 2.24) is 10.0 Å². The van der Waals surface area contributed by atoms with Gasteiger partial charge in [-0.2, -0.15) is 13.5 Å². The Kier molecular flexibility index (Phi) is 9.74. The number of nitrogen functional groups attached to an aromatic ring is 1. The van der Waals surface area contributed by atoms with Gasteiger partial charge in [0.1, 0.15) is 24.6 Å². The van der Waals surface area contributed by atoms with Gasteiger partial charge < -0.3 is 21.0 Å². The number of amides is 1. The number of oxime groups is 1. The molecule has 2 aliphatic rings. The molecule has 0 radical (unpaired) electrons. The van der Waals surface area contributed by atoms with Crippen molar-refractivity contribution in [2.45, 2.75) is 57.6 Å². The van der Waals surface area contributed by atoms with E-state index in [9.17, 15) is 18.0 Å². The molecule has 2 aromatic heterocycles. The van der Waals surface area contributed by atoms with E-state index in [2.05, 4.69) is 43.4 Å². The van der Waals surface area contributed by atoms with Gasteiger partial charge in [0.2, 0.25) is 0 Å². The number of ketones is 1. The predicted molar refractivity (Wildman–Crippen MR) is 169 cm³/mol. The summed E-state index contributed by atoms with van der Waals surface area (Å²) in [5, 5.41) is 6.37. The van der Waals surface area contributed by atoms with Crippen LogP contribution in [0, 0.1) is 5.92 Å². The van der Waals surface area contributed by atoms with Gasteiger partial charge in [0.05, 0.1) is 11.5 Å². The van der Waals surface area contributed by atoms with Gasteiger partial charge in [-0.05, 0) is 69.0 Å². The Hall–Kier alpha value is -3.96. The second kappa shape index (κ2) is 13.4. The summed E-state index contributed by atoms with van der Waals surface area (Å²) >= 11 is 1.11. The maximum Gasteiger partial charge on any atom is 0.418 e. The molecule has 4 heterocycles. The number of anilines is 1. The highest BCUT2D eigenvalue weighted by molar-refractivity contribution is 7.80. The summed E-state index contributed by atoms with van der Waals surface area (Å²) in [5.74, 6) is -1.53. The third kappa shape index (κ3) is 7.36. The Morgan fingerprint density at radius 3 is 2.70 bits per heavy atom. The van der Waals surface area contributed by atoms with E-state index in [4.69, 9.17) is 25.6 Å². The van der Waals surface area contributed by atoms with Crippen molar-refractivity contribution < 1.29 is 41.0 Å². The standard InChI is InChI=1S/C30H36N6O8S2/c1-30(2)23(28(38)36(30)44-46(39,40)41)14-25(37)27(24-17-45-29(32)33-24)34-42-16-22-10-7-19-13-18(8-11-26(19)43-22)20-6-9-21(5-4-12-31)35(3)15-20/h6,8-9,11,13,15,17,22-23H,4-5,7,10,12,14,16,31H2,1-3H3,(H2-,32,33,39,40,41)/p+1/b34-27-/t22-,23-/m1/s1. The molecule has 46 heavy (non-hydrogen) atoms. The Morgan fingerprint density at radius 1 is 1.28 bits per heavy atom. The monoisotopic (exact) mass is 673 g/mol. The van der Waals surface area contributed by atoms with E-state index in [0.29, 0.717) is 18.0 Å². The summed E-state index contributed by atoms with van der Waals surface area (Å²) in [6.45, 7) is 3.73. The van der Waals surface area contributed by atoms with Crippen molar-refractivity contribution in [2.75, 3.05) is 18.9 Å². The number of carbonyl (C=O) groups excluding carboxylic acids is 2. The summed E-state index contributed by atoms with van der Waals surface area (Å²) in [7, 11) is -2.88. The van der Waals surface area contributed by atoms with Gasteiger partial charge in [0.25, 0.3) is 5.91 Å². The molecular weight excluding hydrogens is 636 g/mol. The van der Waals surface area contributed by atoms with Gasteiger partial charge >= 0.3 is 10.4 Å². The third-order valence-corrected chi connectivity index (χ3v) is 9.19. The van der Waals surface area contributed by atoms with Crippen LogP contribution in [0.15, 0.2) is 47.1 Å². The zero-order valence-corrected chi connectivity index (χ0v) is 27.3. The molecule has 1 fully saturated rings. The van der Waals surface area contributed by atoms with Crippen molar-refractivity contribution in [3.8, 4) is 16.9 Å². The lowest BCUT2D eigenvalue weighted by molar-refractivity contribution is -0.678. The number of hydrogen-bond donors (Lipinski definition) is 3. The van der Waals surface area contributed by atoms with E-state index in [1.165, 1.54) is 19.5 Å². The number of benzene rings is 1. The Balaban J connectivity index is 1.23. The lowest BCUT2D eigenvalue weighted by Crippen LogP contribution is -2.68. The van der Waals surface area contributed by atoms with Gasteiger partial charge in [0.15, 0.2) is 35.1 Å². The van der Waals surface area contributed by atoms with E-state index >= 15 is 0 Å². The highest BCUT2D eigenvalue weighted by atomic mass is 32.3. The zero-order valence-electron chi connectivity index (χ0n) is 25.7. The van der Waals surface area contributed by atoms with Crippen LogP contribution in [-0.4, -0.2) is 65.2 Å². The first-order chi connectivity index (χ1) is 21.8. The Morgan fingerprint density at radius 2 is 2.04 bits per heavy atom. The molecule has 5 rings (SSSR count). The lowest BCUT2D eigenvalue weighted by atomic mass is 9.74. The molecule has 14 nitrogen and oxygen atoms in total. The van der Waals surface area contributed by atoms with E-state index in [-0.39, 0.29) is 35.7 Å². The second-order valence-electron chi connectivity index (χ2n) is 11.8. The summed E-state index contributed by atoms with van der Waals surface area (Å²) in [6, 6.07) is 10.3. The number of thiazole rings is 1. The fourth-order valence-electron chi connectivity index (χ4n) is 5.56. The summed E-state index contributed by atoms with van der Waals surface area (Å²) in [6.07, 6.45) is 4.76. The largest absolute Gasteiger partial charge is 0.486 e. The van der Waals surface area contributed by atoms with Crippen LogP contribution in [0.1, 0.15) is 50.1 Å². The smallest absolute Gasteiger partial charge is 0.418 e. The maximum absolute atomic E-state index is 13.4. The van der Waals surface area contributed by atoms with Crippen molar-refractivity contribution in [3.63, 3.8) is 0 Å². The normalized spacial score (nSPS) is 19.3. The number of aryl methyl sites for hydroxylation is 3. The molecular formula is C30H37N6O8S2+. The average Bonchev–Trinajstić information content (AvgIpc) is 3.44. The highest BCUT2D eigenvalue weighted by Gasteiger charge is 2.57. The molecule has 0 bridgehead atoms. The predicted octanol–water partition coefficient (Wildman–Crippen LogP) is 2.15. The minimum Gasteiger partial charge on any atom is -0.486 e. The zero-order chi connectivity index (χ0) is 33.2. The molecule has 1 amide bonds. The van der Waals surface area contributed by atoms with Crippen molar-refractivity contribution in [3.05, 3.63) is 58.9 Å². The molecule has 3 aromatic rings. The number of fused-ring (bicyclic) bond motifs is 1. The molecule has 0 saturated carbocycles. The number of rotatable bonds is 13. The van der Waals surface area contributed by atoms with Crippen LogP contribution in [-0.2, 0) is 49.0 Å². The molecule has 246 valence electrons. The van der Waals surface area contributed by atoms with Crippen LogP contribution in [0.4, 0.5) is 5.13 Å². The number of Topliss-reactive ketones (excluding diaryl/α,β-unsaturated/α-hetero) is 1. The van der Waals surface area contributed by atoms with E-state index in [1.54, 1.807) is 5.38 Å². The van der Waals surface area contributed by atoms with Crippen molar-refractivity contribution >= 4 is 44.3 Å². The number of nitrogens with two attached hydrogens (primary N) is 2. The third-order valence-electron chi connectivity index (χ3n) is 8.18. The molecule has 1 aromatic carbocycles. The summed E-state index contributed by atoms with van der Waals surface area (Å²) < 4.78 is 43.9. The number of hydroxylamine groups is 2. The van der Waals surface area contributed by atoms with E-state index in [1.807, 2.05) is 19.2 Å². The average molecular weight is 674 g/mol. The Labute approximate surface area is 270 Å². The van der Waals surface area contributed by atoms with Gasteiger partial charge in [-0.25, -0.2) is 9.55 Å². The first-order valence-electron chi connectivity index (χ1n) is 14.7. The minimum absolute atomic E-state index is 0.0571. The van der Waals surface area contributed by atoms with Crippen LogP contribution in [0.2, 0.25) is 0 Å².